The summed E-state index contributed by atoms with van der Waals surface area (Å²) in [6.07, 6.45) is 2.97. The van der Waals surface area contributed by atoms with Crippen LogP contribution in [0.1, 0.15) is 26.2 Å². The highest BCUT2D eigenvalue weighted by Gasteiger charge is 2.48. The van der Waals surface area contributed by atoms with Crippen molar-refractivity contribution in [1.82, 2.24) is 5.32 Å². The van der Waals surface area contributed by atoms with Gasteiger partial charge in [0.05, 0.1) is 12.0 Å². The van der Waals surface area contributed by atoms with Gasteiger partial charge in [0.1, 0.15) is 0 Å². The first-order chi connectivity index (χ1) is 7.09. The van der Waals surface area contributed by atoms with Crippen molar-refractivity contribution in [1.29, 1.82) is 0 Å². The molecule has 5 atom stereocenters. The average Bonchev–Trinajstić information content (AvgIpc) is 2.74. The Balaban J connectivity index is 1.90. The third-order valence-electron chi connectivity index (χ3n) is 3.86. The van der Waals surface area contributed by atoms with Crippen LogP contribution in [0, 0.1) is 17.8 Å². The summed E-state index contributed by atoms with van der Waals surface area (Å²) in [5, 5.41) is 11.9. The lowest BCUT2D eigenvalue weighted by Gasteiger charge is -2.27. The lowest BCUT2D eigenvalue weighted by molar-refractivity contribution is -0.127. The van der Waals surface area contributed by atoms with Crippen molar-refractivity contribution < 1.29 is 9.90 Å². The number of amides is 1. The van der Waals surface area contributed by atoms with Crippen LogP contribution in [0.15, 0.2) is 0 Å². The van der Waals surface area contributed by atoms with Gasteiger partial charge >= 0.3 is 0 Å². The number of hydrogen-bond donors (Lipinski definition) is 3. The molecule has 2 bridgehead atoms. The van der Waals surface area contributed by atoms with Crippen LogP contribution in [0.3, 0.4) is 0 Å². The van der Waals surface area contributed by atoms with Crippen molar-refractivity contribution >= 4 is 5.91 Å². The van der Waals surface area contributed by atoms with E-state index in [9.17, 15) is 4.79 Å². The SMILES string of the molecule is CC(O)CNC(=O)C1C2CCC(C2)C1N. The second-order valence-corrected chi connectivity index (χ2v) is 5.03. The molecule has 2 aliphatic rings. The largest absolute Gasteiger partial charge is 0.392 e. The third-order valence-corrected chi connectivity index (χ3v) is 3.86. The molecule has 2 rings (SSSR count). The van der Waals surface area contributed by atoms with E-state index in [1.807, 2.05) is 0 Å². The number of hydrogen-bond acceptors (Lipinski definition) is 3. The molecule has 2 saturated carbocycles. The molecule has 0 aromatic carbocycles. The Kier molecular flexibility index (Phi) is 2.98. The minimum absolute atomic E-state index is 0.0116. The van der Waals surface area contributed by atoms with E-state index < -0.39 is 6.10 Å². The normalized spacial score (nSPS) is 40.5. The van der Waals surface area contributed by atoms with Crippen LogP contribution in [0.2, 0.25) is 0 Å². The summed E-state index contributed by atoms with van der Waals surface area (Å²) >= 11 is 0. The number of aliphatic hydroxyl groups is 1. The fourth-order valence-electron chi connectivity index (χ4n) is 3.09. The molecule has 0 aromatic heterocycles. The van der Waals surface area contributed by atoms with Crippen molar-refractivity contribution in [2.45, 2.75) is 38.3 Å². The highest BCUT2D eigenvalue weighted by atomic mass is 16.3. The van der Waals surface area contributed by atoms with Crippen molar-refractivity contribution in [3.05, 3.63) is 0 Å². The van der Waals surface area contributed by atoms with Crippen molar-refractivity contribution in [2.24, 2.45) is 23.5 Å². The van der Waals surface area contributed by atoms with Gasteiger partial charge in [-0.2, -0.15) is 0 Å². The summed E-state index contributed by atoms with van der Waals surface area (Å²) in [6, 6.07) is 0.0396. The number of nitrogens with one attached hydrogen (secondary N) is 1. The second-order valence-electron chi connectivity index (χ2n) is 5.03. The van der Waals surface area contributed by atoms with Crippen LogP contribution in [0.4, 0.5) is 0 Å². The molecule has 0 aliphatic heterocycles. The van der Waals surface area contributed by atoms with Crippen LogP contribution in [0.25, 0.3) is 0 Å². The maximum atomic E-state index is 11.8. The zero-order valence-electron chi connectivity index (χ0n) is 9.15. The van der Waals surface area contributed by atoms with E-state index in [1.54, 1.807) is 6.92 Å². The predicted octanol–water partition coefficient (Wildman–Crippen LogP) is -0.143. The topological polar surface area (TPSA) is 75.3 Å². The van der Waals surface area contributed by atoms with E-state index in [0.29, 0.717) is 18.4 Å². The fraction of sp³-hybridized carbons (Fsp3) is 0.909. The smallest absolute Gasteiger partial charge is 0.225 e. The van der Waals surface area contributed by atoms with Gasteiger partial charge in [-0.15, -0.1) is 0 Å². The molecular weight excluding hydrogens is 192 g/mol. The molecule has 0 aromatic rings. The Hall–Kier alpha value is -0.610. The summed E-state index contributed by atoms with van der Waals surface area (Å²) < 4.78 is 0. The minimum Gasteiger partial charge on any atom is -0.392 e. The average molecular weight is 212 g/mol. The van der Waals surface area contributed by atoms with Crippen LogP contribution in [-0.2, 0) is 4.79 Å². The Morgan fingerprint density at radius 2 is 2.20 bits per heavy atom. The quantitative estimate of drug-likeness (QED) is 0.609. The minimum atomic E-state index is -0.483. The highest BCUT2D eigenvalue weighted by Crippen LogP contribution is 2.47. The number of carbonyl (C=O) groups excluding carboxylic acids is 1. The first kappa shape index (κ1) is 10.9. The van der Waals surface area contributed by atoms with Crippen LogP contribution in [0.5, 0.6) is 0 Å². The lowest BCUT2D eigenvalue weighted by Crippen LogP contribution is -2.46. The highest BCUT2D eigenvalue weighted by molar-refractivity contribution is 5.80. The zero-order valence-corrected chi connectivity index (χ0v) is 9.15. The van der Waals surface area contributed by atoms with Gasteiger partial charge in [-0.05, 0) is 38.0 Å². The molecule has 2 aliphatic carbocycles. The maximum absolute atomic E-state index is 11.8. The van der Waals surface area contributed by atoms with Crippen molar-refractivity contribution in [3.8, 4) is 0 Å². The van der Waals surface area contributed by atoms with Gasteiger partial charge in [0.25, 0.3) is 0 Å². The van der Waals surface area contributed by atoms with Crippen molar-refractivity contribution in [2.75, 3.05) is 6.54 Å². The van der Waals surface area contributed by atoms with E-state index in [-0.39, 0.29) is 17.9 Å². The molecule has 15 heavy (non-hydrogen) atoms. The van der Waals surface area contributed by atoms with E-state index in [1.165, 1.54) is 6.42 Å². The number of fused-ring (bicyclic) bond motifs is 2. The monoisotopic (exact) mass is 212 g/mol. The predicted molar refractivity (Wildman–Crippen MR) is 57.0 cm³/mol. The van der Waals surface area contributed by atoms with Crippen LogP contribution < -0.4 is 11.1 Å². The van der Waals surface area contributed by atoms with E-state index in [0.717, 1.165) is 12.8 Å². The van der Waals surface area contributed by atoms with Crippen LogP contribution in [-0.4, -0.2) is 29.7 Å². The van der Waals surface area contributed by atoms with Gasteiger partial charge in [-0.25, -0.2) is 0 Å². The van der Waals surface area contributed by atoms with Crippen LogP contribution >= 0.6 is 0 Å². The van der Waals surface area contributed by atoms with Gasteiger partial charge in [-0.3, -0.25) is 4.79 Å². The summed E-state index contributed by atoms with van der Waals surface area (Å²) in [7, 11) is 0. The molecule has 4 nitrogen and oxygen atoms in total. The maximum Gasteiger partial charge on any atom is 0.225 e. The first-order valence-electron chi connectivity index (χ1n) is 5.81. The number of aliphatic hydroxyl groups excluding tert-OH is 1. The summed E-state index contributed by atoms with van der Waals surface area (Å²) in [5.74, 6) is 1.06. The Morgan fingerprint density at radius 3 is 2.73 bits per heavy atom. The molecule has 0 spiro atoms. The Labute approximate surface area is 90.2 Å². The molecular formula is C11H20N2O2. The molecule has 86 valence electrons. The molecule has 0 saturated heterocycles. The molecule has 4 heteroatoms. The fourth-order valence-corrected chi connectivity index (χ4v) is 3.09. The summed E-state index contributed by atoms with van der Waals surface area (Å²) in [5.41, 5.74) is 6.05. The lowest BCUT2D eigenvalue weighted by atomic mass is 9.84. The molecule has 1 amide bonds. The number of nitrogens with two attached hydrogens (primary N) is 1. The van der Waals surface area contributed by atoms with Gasteiger partial charge in [0, 0.05) is 12.6 Å². The zero-order chi connectivity index (χ0) is 11.0. The molecule has 0 heterocycles. The Bertz CT molecular complexity index is 253. The first-order valence-corrected chi connectivity index (χ1v) is 5.81. The second kappa shape index (κ2) is 4.10. The molecule has 0 radical (unpaired) electrons. The van der Waals surface area contributed by atoms with Crippen molar-refractivity contribution in [3.63, 3.8) is 0 Å². The van der Waals surface area contributed by atoms with E-state index in [4.69, 9.17) is 10.8 Å². The Morgan fingerprint density at radius 1 is 1.53 bits per heavy atom. The van der Waals surface area contributed by atoms with E-state index in [2.05, 4.69) is 5.32 Å². The van der Waals surface area contributed by atoms with E-state index >= 15 is 0 Å². The summed E-state index contributed by atoms with van der Waals surface area (Å²) in [4.78, 5) is 11.8. The molecule has 2 fully saturated rings. The third kappa shape index (κ3) is 2.01. The van der Waals surface area contributed by atoms with Gasteiger partial charge in [0.15, 0.2) is 0 Å². The van der Waals surface area contributed by atoms with Gasteiger partial charge in [-0.1, -0.05) is 0 Å². The summed E-state index contributed by atoms with van der Waals surface area (Å²) in [6.45, 7) is 2.00. The van der Waals surface area contributed by atoms with Gasteiger partial charge in [0.2, 0.25) is 5.91 Å². The number of carbonyl (C=O) groups is 1. The standard InChI is InChI=1S/C11H20N2O2/c1-6(14)5-13-11(15)9-7-2-3-8(4-7)10(9)12/h6-10,14H,2-5,12H2,1H3,(H,13,15). The molecule has 4 N–H and O–H groups in total. The number of rotatable bonds is 3. The van der Waals surface area contributed by atoms with Gasteiger partial charge < -0.3 is 16.2 Å². The molecule has 5 unspecified atom stereocenters.